The Morgan fingerprint density at radius 3 is 2.80 bits per heavy atom. The predicted octanol–water partition coefficient (Wildman–Crippen LogP) is 1.82. The van der Waals surface area contributed by atoms with Crippen molar-refractivity contribution in [1.29, 1.82) is 0 Å². The normalized spacial score (nSPS) is 11.7. The maximum atomic E-state index is 12.2. The number of aromatic nitrogens is 2. The van der Waals surface area contributed by atoms with E-state index in [0.717, 1.165) is 11.0 Å². The molecule has 0 bridgehead atoms. The molecule has 0 N–H and O–H groups in total. The molecule has 0 radical (unpaired) electrons. The Hall–Kier alpha value is -2.43. The third kappa shape index (κ3) is 2.61. The van der Waals surface area contributed by atoms with Gasteiger partial charge in [-0.15, -0.1) is 0 Å². The van der Waals surface area contributed by atoms with Gasteiger partial charge in [0, 0.05) is 12.1 Å². The number of esters is 1. The van der Waals surface area contributed by atoms with Crippen molar-refractivity contribution in [2.75, 3.05) is 7.11 Å². The molecule has 1 aromatic heterocycles. The average molecular weight is 272 g/mol. The van der Waals surface area contributed by atoms with E-state index in [-0.39, 0.29) is 5.56 Å². The highest BCUT2D eigenvalue weighted by atomic mass is 16.5. The highest BCUT2D eigenvalue weighted by Gasteiger charge is 2.08. The summed E-state index contributed by atoms with van der Waals surface area (Å²) >= 11 is 0. The van der Waals surface area contributed by atoms with E-state index in [4.69, 9.17) is 0 Å². The van der Waals surface area contributed by atoms with Gasteiger partial charge in [-0.25, -0.2) is 9.78 Å². The van der Waals surface area contributed by atoms with Crippen molar-refractivity contribution < 1.29 is 9.53 Å². The maximum Gasteiger partial charge on any atom is 0.333 e. The zero-order valence-corrected chi connectivity index (χ0v) is 11.7. The largest absolute Gasteiger partial charge is 0.466 e. The molecule has 0 amide bonds. The van der Waals surface area contributed by atoms with E-state index in [9.17, 15) is 9.59 Å². The second kappa shape index (κ2) is 5.69. The number of benzene rings is 1. The number of aryl methyl sites for hydroxylation is 1. The zero-order valence-electron chi connectivity index (χ0n) is 11.7. The highest BCUT2D eigenvalue weighted by molar-refractivity contribution is 5.87. The van der Waals surface area contributed by atoms with Crippen LogP contribution in [0.5, 0.6) is 0 Å². The number of carbonyl (C=O) groups is 1. The lowest BCUT2D eigenvalue weighted by Crippen LogP contribution is -2.24. The molecule has 0 aliphatic rings. The summed E-state index contributed by atoms with van der Waals surface area (Å²) in [6, 6.07) is 7.42. The number of hydrogen-bond acceptors (Lipinski definition) is 4. The minimum Gasteiger partial charge on any atom is -0.466 e. The molecule has 0 unspecified atom stereocenters. The smallest absolute Gasteiger partial charge is 0.333 e. The van der Waals surface area contributed by atoms with Crippen molar-refractivity contribution in [1.82, 2.24) is 9.55 Å². The number of carbonyl (C=O) groups excluding carboxylic acids is 1. The summed E-state index contributed by atoms with van der Waals surface area (Å²) in [5.74, 6) is -0.395. The molecule has 0 aliphatic heterocycles. The fraction of sp³-hybridized carbons (Fsp3) is 0.267. The van der Waals surface area contributed by atoms with Crippen LogP contribution >= 0.6 is 0 Å². The van der Waals surface area contributed by atoms with E-state index in [1.165, 1.54) is 7.11 Å². The van der Waals surface area contributed by atoms with Gasteiger partial charge in [-0.2, -0.15) is 0 Å². The standard InChI is InChI=1S/C15H16N2O3/c1-10(15(19)20-3)8-9-17-13-7-5-4-6-12(13)16-11(2)14(17)18/h4-8H,9H2,1-3H3. The quantitative estimate of drug-likeness (QED) is 0.631. The summed E-state index contributed by atoms with van der Waals surface area (Å²) in [7, 11) is 1.33. The van der Waals surface area contributed by atoms with Crippen LogP contribution in [0.3, 0.4) is 0 Å². The molecule has 20 heavy (non-hydrogen) atoms. The summed E-state index contributed by atoms with van der Waals surface area (Å²) in [5.41, 5.74) is 2.26. The molecule has 0 aliphatic carbocycles. The Morgan fingerprint density at radius 2 is 2.10 bits per heavy atom. The van der Waals surface area contributed by atoms with Crippen LogP contribution in [0.2, 0.25) is 0 Å². The summed E-state index contributed by atoms with van der Waals surface area (Å²) in [4.78, 5) is 27.8. The van der Waals surface area contributed by atoms with Crippen LogP contribution in [-0.2, 0) is 16.1 Å². The Labute approximate surface area is 116 Å². The maximum absolute atomic E-state index is 12.2. The second-order valence-corrected chi connectivity index (χ2v) is 4.48. The van der Waals surface area contributed by atoms with Gasteiger partial charge in [-0.1, -0.05) is 18.2 Å². The Kier molecular flexibility index (Phi) is 3.98. The van der Waals surface area contributed by atoms with E-state index in [1.807, 2.05) is 24.3 Å². The van der Waals surface area contributed by atoms with Crippen molar-refractivity contribution in [2.45, 2.75) is 20.4 Å². The van der Waals surface area contributed by atoms with Gasteiger partial charge in [0.25, 0.3) is 5.56 Å². The summed E-state index contributed by atoms with van der Waals surface area (Å²) in [6.45, 7) is 3.65. The molecule has 5 heteroatoms. The molecule has 104 valence electrons. The first-order valence-electron chi connectivity index (χ1n) is 6.26. The number of fused-ring (bicyclic) bond motifs is 1. The van der Waals surface area contributed by atoms with Crippen LogP contribution in [0.15, 0.2) is 40.7 Å². The topological polar surface area (TPSA) is 61.2 Å². The monoisotopic (exact) mass is 272 g/mol. The molecule has 0 atom stereocenters. The minimum atomic E-state index is -0.395. The fourth-order valence-electron chi connectivity index (χ4n) is 1.97. The first kappa shape index (κ1) is 14.0. The Balaban J connectivity index is 2.51. The molecule has 0 fully saturated rings. The third-order valence-corrected chi connectivity index (χ3v) is 3.10. The Morgan fingerprint density at radius 1 is 1.40 bits per heavy atom. The van der Waals surface area contributed by atoms with Crippen molar-refractivity contribution in [2.24, 2.45) is 0 Å². The molecule has 0 spiro atoms. The molecule has 2 aromatic rings. The van der Waals surface area contributed by atoms with Gasteiger partial charge in [0.15, 0.2) is 0 Å². The molecule has 1 heterocycles. The van der Waals surface area contributed by atoms with Crippen LogP contribution in [0, 0.1) is 6.92 Å². The molecule has 0 saturated carbocycles. The number of methoxy groups -OCH3 is 1. The average Bonchev–Trinajstić information content (AvgIpc) is 2.46. The van der Waals surface area contributed by atoms with Gasteiger partial charge in [-0.05, 0) is 26.0 Å². The van der Waals surface area contributed by atoms with Crippen LogP contribution in [0.4, 0.5) is 0 Å². The van der Waals surface area contributed by atoms with Crippen LogP contribution < -0.4 is 5.56 Å². The molecule has 5 nitrogen and oxygen atoms in total. The lowest BCUT2D eigenvalue weighted by Gasteiger charge is -2.09. The minimum absolute atomic E-state index is 0.155. The van der Waals surface area contributed by atoms with Gasteiger partial charge in [0.05, 0.1) is 18.1 Å². The van der Waals surface area contributed by atoms with Crippen molar-refractivity contribution in [3.8, 4) is 0 Å². The molecular weight excluding hydrogens is 256 g/mol. The van der Waals surface area contributed by atoms with Gasteiger partial charge < -0.3 is 9.30 Å². The highest BCUT2D eigenvalue weighted by Crippen LogP contribution is 2.10. The lowest BCUT2D eigenvalue weighted by molar-refractivity contribution is -0.136. The summed E-state index contributed by atoms with van der Waals surface area (Å²) in [6.07, 6.45) is 1.68. The summed E-state index contributed by atoms with van der Waals surface area (Å²) in [5, 5.41) is 0. The van der Waals surface area contributed by atoms with Crippen molar-refractivity contribution in [3.05, 3.63) is 52.0 Å². The Bertz CT molecular complexity index is 744. The molecule has 1 aromatic carbocycles. The van der Waals surface area contributed by atoms with E-state index >= 15 is 0 Å². The predicted molar refractivity (Wildman–Crippen MR) is 76.5 cm³/mol. The number of ether oxygens (including phenoxy) is 1. The fourth-order valence-corrected chi connectivity index (χ4v) is 1.97. The number of allylic oxidation sites excluding steroid dienone is 1. The molecular formula is C15H16N2O3. The van der Waals surface area contributed by atoms with Crippen molar-refractivity contribution in [3.63, 3.8) is 0 Å². The molecule has 0 saturated heterocycles. The van der Waals surface area contributed by atoms with Crippen LogP contribution in [-0.4, -0.2) is 22.6 Å². The van der Waals surface area contributed by atoms with Gasteiger partial charge in [0.1, 0.15) is 5.69 Å². The molecule has 2 rings (SSSR count). The first-order chi connectivity index (χ1) is 9.54. The lowest BCUT2D eigenvalue weighted by atomic mass is 10.2. The van der Waals surface area contributed by atoms with Crippen LogP contribution in [0.1, 0.15) is 12.6 Å². The number of rotatable bonds is 3. The van der Waals surface area contributed by atoms with Crippen molar-refractivity contribution >= 4 is 17.0 Å². The third-order valence-electron chi connectivity index (χ3n) is 3.10. The SMILES string of the molecule is COC(=O)C(C)=CCn1c(=O)c(C)nc2ccccc21. The number of para-hydroxylation sites is 2. The van der Waals surface area contributed by atoms with E-state index in [0.29, 0.717) is 17.8 Å². The number of hydrogen-bond donors (Lipinski definition) is 0. The number of nitrogens with zero attached hydrogens (tertiary/aromatic N) is 2. The van der Waals surface area contributed by atoms with E-state index in [1.54, 1.807) is 24.5 Å². The van der Waals surface area contributed by atoms with Crippen LogP contribution in [0.25, 0.3) is 11.0 Å². The second-order valence-electron chi connectivity index (χ2n) is 4.48. The van der Waals surface area contributed by atoms with Gasteiger partial charge in [0.2, 0.25) is 0 Å². The first-order valence-corrected chi connectivity index (χ1v) is 6.26. The van der Waals surface area contributed by atoms with Gasteiger partial charge >= 0.3 is 5.97 Å². The zero-order chi connectivity index (χ0) is 14.7. The van der Waals surface area contributed by atoms with Gasteiger partial charge in [-0.3, -0.25) is 4.79 Å². The van der Waals surface area contributed by atoms with E-state index < -0.39 is 5.97 Å². The van der Waals surface area contributed by atoms with E-state index in [2.05, 4.69) is 9.72 Å². The summed E-state index contributed by atoms with van der Waals surface area (Å²) < 4.78 is 6.24.